The van der Waals surface area contributed by atoms with Crippen LogP contribution in [0.2, 0.25) is 0 Å². The van der Waals surface area contributed by atoms with Gasteiger partial charge in [0.1, 0.15) is 5.54 Å². The molecule has 0 spiro atoms. The molecule has 1 aliphatic heterocycles. The summed E-state index contributed by atoms with van der Waals surface area (Å²) in [5.41, 5.74) is 0.245. The minimum atomic E-state index is -3.52. The number of amides is 1. The third-order valence-corrected chi connectivity index (χ3v) is 8.01. The van der Waals surface area contributed by atoms with Gasteiger partial charge in [-0.05, 0) is 37.3 Å². The van der Waals surface area contributed by atoms with Gasteiger partial charge in [-0.3, -0.25) is 4.79 Å². The fraction of sp³-hybridized carbons (Fsp3) is 0.522. The normalized spacial score (nSPS) is 20.4. The predicted molar refractivity (Wildman–Crippen MR) is 121 cm³/mol. The molecular formula is C23H30N4O4S. The SMILES string of the molecule is Cc1nc(C2(NC(=O)C3CCN(S(=O)(=O)/C=C/c4ccccc4)CC3)CCCCC2)no1. The maximum absolute atomic E-state index is 13.1. The molecule has 1 aromatic heterocycles. The number of carbonyl (C=O) groups excluding carboxylic acids is 1. The highest BCUT2D eigenvalue weighted by molar-refractivity contribution is 7.92. The lowest BCUT2D eigenvalue weighted by Crippen LogP contribution is -2.51. The average Bonchev–Trinajstić information content (AvgIpc) is 3.26. The van der Waals surface area contributed by atoms with Crippen molar-refractivity contribution >= 4 is 22.0 Å². The first kappa shape index (κ1) is 22.7. The van der Waals surface area contributed by atoms with Gasteiger partial charge in [-0.2, -0.15) is 9.29 Å². The molecule has 32 heavy (non-hydrogen) atoms. The highest BCUT2D eigenvalue weighted by atomic mass is 32.2. The van der Waals surface area contributed by atoms with E-state index in [0.29, 0.717) is 37.6 Å². The summed E-state index contributed by atoms with van der Waals surface area (Å²) in [5, 5.41) is 8.58. The lowest BCUT2D eigenvalue weighted by molar-refractivity contribution is -0.129. The number of piperidine rings is 1. The highest BCUT2D eigenvalue weighted by Crippen LogP contribution is 2.36. The Kier molecular flexibility index (Phi) is 6.76. The molecule has 0 atom stereocenters. The minimum Gasteiger partial charge on any atom is -0.343 e. The molecular weight excluding hydrogens is 428 g/mol. The Morgan fingerprint density at radius 1 is 1.16 bits per heavy atom. The summed E-state index contributed by atoms with van der Waals surface area (Å²) in [6.07, 6.45) is 7.29. The van der Waals surface area contributed by atoms with E-state index in [2.05, 4.69) is 15.5 Å². The topological polar surface area (TPSA) is 105 Å². The molecule has 2 heterocycles. The van der Waals surface area contributed by atoms with E-state index < -0.39 is 15.6 Å². The number of sulfonamides is 1. The van der Waals surface area contributed by atoms with Crippen molar-refractivity contribution in [3.63, 3.8) is 0 Å². The zero-order valence-electron chi connectivity index (χ0n) is 18.4. The maximum atomic E-state index is 13.1. The number of aromatic nitrogens is 2. The molecule has 0 radical (unpaired) electrons. The quantitative estimate of drug-likeness (QED) is 0.712. The zero-order valence-corrected chi connectivity index (χ0v) is 19.2. The van der Waals surface area contributed by atoms with Crippen molar-refractivity contribution in [1.29, 1.82) is 0 Å². The van der Waals surface area contributed by atoms with Crippen molar-refractivity contribution in [3.8, 4) is 0 Å². The largest absolute Gasteiger partial charge is 0.343 e. The third kappa shape index (κ3) is 5.10. The summed E-state index contributed by atoms with van der Waals surface area (Å²) in [7, 11) is -3.52. The second kappa shape index (κ2) is 9.54. The Labute approximate surface area is 189 Å². The standard InChI is InChI=1S/C23H30N4O4S/c1-18-24-22(26-31-18)23(13-6-3-7-14-23)25-21(28)20-10-15-27(16-11-20)32(29,30)17-12-19-8-4-2-5-9-19/h2,4-5,8-9,12,17,20H,3,6-7,10-11,13-16H2,1H3,(H,25,28)/b17-12+. The predicted octanol–water partition coefficient (Wildman–Crippen LogP) is 3.37. The Morgan fingerprint density at radius 3 is 2.47 bits per heavy atom. The van der Waals surface area contributed by atoms with Gasteiger partial charge in [0, 0.05) is 31.3 Å². The molecule has 1 amide bonds. The van der Waals surface area contributed by atoms with Gasteiger partial charge in [-0.25, -0.2) is 8.42 Å². The van der Waals surface area contributed by atoms with Crippen LogP contribution in [0.25, 0.3) is 6.08 Å². The average molecular weight is 459 g/mol. The lowest BCUT2D eigenvalue weighted by Gasteiger charge is -2.37. The molecule has 4 rings (SSSR count). The second-order valence-corrected chi connectivity index (χ2v) is 10.5. The molecule has 2 aromatic rings. The monoisotopic (exact) mass is 458 g/mol. The highest BCUT2D eigenvalue weighted by Gasteiger charge is 2.41. The summed E-state index contributed by atoms with van der Waals surface area (Å²) in [5.74, 6) is 0.757. The van der Waals surface area contributed by atoms with Gasteiger partial charge in [0.05, 0.1) is 0 Å². The smallest absolute Gasteiger partial charge is 0.236 e. The third-order valence-electron chi connectivity index (χ3n) is 6.44. The molecule has 2 fully saturated rings. The summed E-state index contributed by atoms with van der Waals surface area (Å²) in [6.45, 7) is 2.40. The van der Waals surface area contributed by atoms with E-state index in [4.69, 9.17) is 4.52 Å². The number of nitrogens with zero attached hydrogens (tertiary/aromatic N) is 3. The Bertz CT molecular complexity index is 1050. The van der Waals surface area contributed by atoms with E-state index in [9.17, 15) is 13.2 Å². The summed E-state index contributed by atoms with van der Waals surface area (Å²) in [4.78, 5) is 17.5. The number of carbonyl (C=O) groups is 1. The molecule has 2 aliphatic rings. The van der Waals surface area contributed by atoms with Crippen molar-refractivity contribution in [2.75, 3.05) is 13.1 Å². The number of hydrogen-bond donors (Lipinski definition) is 1. The second-order valence-electron chi connectivity index (χ2n) is 8.70. The number of hydrogen-bond acceptors (Lipinski definition) is 6. The van der Waals surface area contributed by atoms with Crippen LogP contribution in [0, 0.1) is 12.8 Å². The molecule has 1 N–H and O–H groups in total. The van der Waals surface area contributed by atoms with Crippen LogP contribution in [-0.2, 0) is 20.4 Å². The van der Waals surface area contributed by atoms with Gasteiger partial charge >= 0.3 is 0 Å². The van der Waals surface area contributed by atoms with Gasteiger partial charge in [-0.1, -0.05) is 54.8 Å². The van der Waals surface area contributed by atoms with Gasteiger partial charge in [0.15, 0.2) is 5.82 Å². The van der Waals surface area contributed by atoms with Crippen LogP contribution >= 0.6 is 0 Å². The Balaban J connectivity index is 1.38. The van der Waals surface area contributed by atoms with E-state index in [1.54, 1.807) is 13.0 Å². The van der Waals surface area contributed by atoms with E-state index in [0.717, 1.165) is 37.7 Å². The molecule has 1 aliphatic carbocycles. The van der Waals surface area contributed by atoms with Crippen molar-refractivity contribution in [1.82, 2.24) is 19.8 Å². The fourth-order valence-corrected chi connectivity index (χ4v) is 5.80. The van der Waals surface area contributed by atoms with Crippen LogP contribution in [0.15, 0.2) is 40.3 Å². The fourth-order valence-electron chi connectivity index (χ4n) is 4.58. The van der Waals surface area contributed by atoms with E-state index in [-0.39, 0.29) is 11.8 Å². The molecule has 0 unspecified atom stereocenters. The molecule has 1 saturated carbocycles. The molecule has 8 nitrogen and oxygen atoms in total. The van der Waals surface area contributed by atoms with E-state index in [1.165, 1.54) is 9.71 Å². The number of nitrogens with one attached hydrogen (secondary N) is 1. The van der Waals surface area contributed by atoms with Gasteiger partial charge in [0.25, 0.3) is 0 Å². The Morgan fingerprint density at radius 2 is 1.84 bits per heavy atom. The van der Waals surface area contributed by atoms with Gasteiger partial charge in [-0.15, -0.1) is 0 Å². The summed E-state index contributed by atoms with van der Waals surface area (Å²) in [6, 6.07) is 9.33. The number of benzene rings is 1. The molecule has 0 bridgehead atoms. The summed E-state index contributed by atoms with van der Waals surface area (Å²) >= 11 is 0. The van der Waals surface area contributed by atoms with Crippen LogP contribution < -0.4 is 5.32 Å². The minimum absolute atomic E-state index is 0.0498. The van der Waals surface area contributed by atoms with Gasteiger partial charge < -0.3 is 9.84 Å². The molecule has 172 valence electrons. The van der Waals surface area contributed by atoms with E-state index in [1.807, 2.05) is 30.3 Å². The number of aryl methyl sites for hydroxylation is 1. The Hall–Kier alpha value is -2.52. The molecule has 1 aromatic carbocycles. The number of rotatable bonds is 6. The van der Waals surface area contributed by atoms with Crippen molar-refractivity contribution in [2.45, 2.75) is 57.4 Å². The van der Waals surface area contributed by atoms with Crippen LogP contribution in [0.3, 0.4) is 0 Å². The first-order chi connectivity index (χ1) is 15.4. The molecule has 9 heteroatoms. The van der Waals surface area contributed by atoms with Crippen molar-refractivity contribution < 1.29 is 17.7 Å². The zero-order chi connectivity index (χ0) is 22.6. The van der Waals surface area contributed by atoms with Crippen LogP contribution in [0.1, 0.15) is 62.2 Å². The first-order valence-electron chi connectivity index (χ1n) is 11.2. The van der Waals surface area contributed by atoms with Crippen molar-refractivity contribution in [3.05, 3.63) is 53.0 Å². The van der Waals surface area contributed by atoms with E-state index >= 15 is 0 Å². The molecule has 1 saturated heterocycles. The van der Waals surface area contributed by atoms with Crippen LogP contribution in [-0.4, -0.2) is 41.9 Å². The van der Waals surface area contributed by atoms with Crippen molar-refractivity contribution in [2.24, 2.45) is 5.92 Å². The maximum Gasteiger partial charge on any atom is 0.236 e. The van der Waals surface area contributed by atoms with Crippen LogP contribution in [0.4, 0.5) is 0 Å². The summed E-state index contributed by atoms with van der Waals surface area (Å²) < 4.78 is 32.0. The lowest BCUT2D eigenvalue weighted by atomic mass is 9.80. The van der Waals surface area contributed by atoms with Crippen LogP contribution in [0.5, 0.6) is 0 Å². The van der Waals surface area contributed by atoms with Gasteiger partial charge in [0.2, 0.25) is 21.8 Å². The first-order valence-corrected chi connectivity index (χ1v) is 12.7.